The lowest BCUT2D eigenvalue weighted by atomic mass is 10.1. The molecule has 0 spiro atoms. The number of benzene rings is 2. The summed E-state index contributed by atoms with van der Waals surface area (Å²) in [5.41, 5.74) is 1.07. The zero-order chi connectivity index (χ0) is 23.6. The molecule has 0 aliphatic heterocycles. The molecule has 0 saturated heterocycles. The van der Waals surface area contributed by atoms with Gasteiger partial charge in [0.05, 0.1) is 23.7 Å². The first kappa shape index (κ1) is 25.2. The van der Waals surface area contributed by atoms with Gasteiger partial charge in [0.2, 0.25) is 10.0 Å². The average molecular weight is 465 g/mol. The molecule has 0 aromatic heterocycles. The van der Waals surface area contributed by atoms with E-state index in [9.17, 15) is 18.0 Å². The summed E-state index contributed by atoms with van der Waals surface area (Å²) in [5.74, 6) is -0.123. The molecule has 9 nitrogen and oxygen atoms in total. The number of hydrogen-bond acceptors (Lipinski definition) is 7. The molecule has 2 aromatic carbocycles. The zero-order valence-corrected chi connectivity index (χ0v) is 18.9. The lowest BCUT2D eigenvalue weighted by molar-refractivity contribution is -0.124. The normalized spacial score (nSPS) is 11.0. The fourth-order valence-electron chi connectivity index (χ4n) is 2.69. The maximum absolute atomic E-state index is 12.3. The van der Waals surface area contributed by atoms with E-state index in [1.54, 1.807) is 24.3 Å². The Balaban J connectivity index is 1.82. The van der Waals surface area contributed by atoms with E-state index in [0.717, 1.165) is 12.0 Å². The highest BCUT2D eigenvalue weighted by atomic mass is 32.2. The van der Waals surface area contributed by atoms with Crippen LogP contribution in [0.3, 0.4) is 0 Å². The predicted molar refractivity (Wildman–Crippen MR) is 118 cm³/mol. The molecule has 10 heteroatoms. The second-order valence-electron chi connectivity index (χ2n) is 6.81. The Morgan fingerprint density at radius 2 is 1.72 bits per heavy atom. The number of carbonyl (C=O) groups is 2. The van der Waals surface area contributed by atoms with Gasteiger partial charge in [0.15, 0.2) is 18.1 Å². The molecule has 0 fully saturated rings. The van der Waals surface area contributed by atoms with E-state index in [1.807, 2.05) is 13.8 Å². The molecule has 3 N–H and O–H groups in total. The number of carbonyl (C=O) groups excluding carboxylic acids is 2. The van der Waals surface area contributed by atoms with E-state index in [4.69, 9.17) is 19.3 Å². The lowest BCUT2D eigenvalue weighted by Crippen LogP contribution is -2.30. The predicted octanol–water partition coefficient (Wildman–Crippen LogP) is 2.04. The van der Waals surface area contributed by atoms with Gasteiger partial charge in [-0.3, -0.25) is 4.79 Å². The van der Waals surface area contributed by atoms with E-state index >= 15 is 0 Å². The summed E-state index contributed by atoms with van der Waals surface area (Å²) in [6.45, 7) is 4.62. The van der Waals surface area contributed by atoms with Crippen LogP contribution in [-0.4, -0.2) is 46.7 Å². The number of nitrogens with two attached hydrogens (primary N) is 1. The lowest BCUT2D eigenvalue weighted by Gasteiger charge is -2.13. The Labute approximate surface area is 187 Å². The van der Waals surface area contributed by atoms with Crippen molar-refractivity contribution in [1.29, 1.82) is 0 Å². The van der Waals surface area contributed by atoms with Crippen LogP contribution in [0.25, 0.3) is 0 Å². The first-order valence-electron chi connectivity index (χ1n) is 10.2. The van der Waals surface area contributed by atoms with Crippen LogP contribution >= 0.6 is 0 Å². The molecule has 0 unspecified atom stereocenters. The molecule has 32 heavy (non-hydrogen) atoms. The average Bonchev–Trinajstić information content (AvgIpc) is 2.76. The van der Waals surface area contributed by atoms with Crippen molar-refractivity contribution < 1.29 is 32.2 Å². The van der Waals surface area contributed by atoms with E-state index in [0.29, 0.717) is 37.7 Å². The second kappa shape index (κ2) is 12.1. The molecule has 0 aliphatic rings. The highest BCUT2D eigenvalue weighted by molar-refractivity contribution is 7.89. The van der Waals surface area contributed by atoms with Crippen molar-refractivity contribution in [3.8, 4) is 11.5 Å². The van der Waals surface area contributed by atoms with Crippen LogP contribution < -0.4 is 19.9 Å². The third-order valence-corrected chi connectivity index (χ3v) is 5.19. The molecule has 1 amide bonds. The number of hydrogen-bond donors (Lipinski definition) is 2. The summed E-state index contributed by atoms with van der Waals surface area (Å²) in [6, 6.07) is 10.8. The van der Waals surface area contributed by atoms with Gasteiger partial charge in [0, 0.05) is 6.54 Å². The quantitative estimate of drug-likeness (QED) is 0.459. The summed E-state index contributed by atoms with van der Waals surface area (Å²) >= 11 is 0. The fraction of sp³-hybridized carbons (Fsp3) is 0.364. The largest absolute Gasteiger partial charge is 0.490 e. The monoisotopic (exact) mass is 464 g/mol. The Kier molecular flexibility index (Phi) is 9.48. The zero-order valence-electron chi connectivity index (χ0n) is 18.1. The van der Waals surface area contributed by atoms with Gasteiger partial charge in [-0.05, 0) is 55.7 Å². The van der Waals surface area contributed by atoms with Crippen molar-refractivity contribution in [3.05, 3.63) is 53.6 Å². The third kappa shape index (κ3) is 7.86. The summed E-state index contributed by atoms with van der Waals surface area (Å²) < 4.78 is 38.7. The van der Waals surface area contributed by atoms with Gasteiger partial charge in [-0.2, -0.15) is 0 Å². The Morgan fingerprint density at radius 1 is 1.00 bits per heavy atom. The van der Waals surface area contributed by atoms with Crippen LogP contribution in [-0.2, 0) is 26.0 Å². The number of sulfonamides is 1. The minimum absolute atomic E-state index is 0.0228. The highest BCUT2D eigenvalue weighted by Crippen LogP contribution is 2.29. The number of primary sulfonamides is 1. The molecule has 0 heterocycles. The van der Waals surface area contributed by atoms with Gasteiger partial charge >= 0.3 is 5.97 Å². The third-order valence-electron chi connectivity index (χ3n) is 4.26. The SMILES string of the molecule is CCCOc1ccc(C(=O)OCC(=O)NCCc2ccc(S(N)(=O)=O)cc2)cc1OCC. The Hall–Kier alpha value is -3.11. The van der Waals surface area contributed by atoms with Crippen molar-refractivity contribution in [2.24, 2.45) is 5.14 Å². The number of rotatable bonds is 12. The van der Waals surface area contributed by atoms with Gasteiger partial charge in [0.1, 0.15) is 0 Å². The van der Waals surface area contributed by atoms with Crippen molar-refractivity contribution >= 4 is 21.9 Å². The van der Waals surface area contributed by atoms with Crippen molar-refractivity contribution in [3.63, 3.8) is 0 Å². The maximum atomic E-state index is 12.3. The van der Waals surface area contributed by atoms with Crippen molar-refractivity contribution in [2.45, 2.75) is 31.6 Å². The van der Waals surface area contributed by atoms with Crippen LogP contribution in [0.15, 0.2) is 47.4 Å². The molecule has 0 radical (unpaired) electrons. The van der Waals surface area contributed by atoms with Crippen LogP contribution in [0.5, 0.6) is 11.5 Å². The summed E-state index contributed by atoms with van der Waals surface area (Å²) in [5, 5.41) is 7.70. The Bertz CT molecular complexity index is 1020. The molecule has 2 rings (SSSR count). The molecule has 0 atom stereocenters. The molecule has 174 valence electrons. The molecular weight excluding hydrogens is 436 g/mol. The van der Waals surface area contributed by atoms with Crippen LogP contribution in [0.4, 0.5) is 0 Å². The molecule has 0 saturated carbocycles. The topological polar surface area (TPSA) is 134 Å². The van der Waals surface area contributed by atoms with E-state index in [-0.39, 0.29) is 10.5 Å². The number of nitrogens with one attached hydrogen (secondary N) is 1. The second-order valence-corrected chi connectivity index (χ2v) is 8.37. The van der Waals surface area contributed by atoms with E-state index in [1.165, 1.54) is 18.2 Å². The number of ether oxygens (including phenoxy) is 3. The molecule has 0 bridgehead atoms. The van der Waals surface area contributed by atoms with Gasteiger partial charge in [-0.1, -0.05) is 19.1 Å². The highest BCUT2D eigenvalue weighted by Gasteiger charge is 2.14. The van der Waals surface area contributed by atoms with Crippen LogP contribution in [0.1, 0.15) is 36.2 Å². The first-order chi connectivity index (χ1) is 15.2. The molecule has 2 aromatic rings. The van der Waals surface area contributed by atoms with Gasteiger partial charge in [-0.25, -0.2) is 18.4 Å². The summed E-state index contributed by atoms with van der Waals surface area (Å²) in [6.07, 6.45) is 1.31. The van der Waals surface area contributed by atoms with Gasteiger partial charge < -0.3 is 19.5 Å². The molecular formula is C22H28N2O7S. The van der Waals surface area contributed by atoms with E-state index < -0.39 is 28.5 Å². The number of amides is 1. The molecule has 0 aliphatic carbocycles. The standard InChI is InChI=1S/C22H28N2O7S/c1-3-13-30-19-10-7-17(14-20(19)29-4-2)22(26)31-15-21(25)24-12-11-16-5-8-18(9-6-16)32(23,27)28/h5-10,14H,3-4,11-13,15H2,1-2H3,(H,24,25)(H2,23,27,28). The minimum atomic E-state index is -3.74. The fourth-order valence-corrected chi connectivity index (χ4v) is 3.21. The van der Waals surface area contributed by atoms with E-state index in [2.05, 4.69) is 5.32 Å². The first-order valence-corrected chi connectivity index (χ1v) is 11.7. The van der Waals surface area contributed by atoms with Gasteiger partial charge in [0.25, 0.3) is 5.91 Å². The summed E-state index contributed by atoms with van der Waals surface area (Å²) in [4.78, 5) is 24.3. The van der Waals surface area contributed by atoms with Crippen molar-refractivity contribution in [1.82, 2.24) is 5.32 Å². The number of esters is 1. The van der Waals surface area contributed by atoms with Gasteiger partial charge in [-0.15, -0.1) is 0 Å². The van der Waals surface area contributed by atoms with Crippen LogP contribution in [0.2, 0.25) is 0 Å². The van der Waals surface area contributed by atoms with Crippen LogP contribution in [0, 0.1) is 0 Å². The minimum Gasteiger partial charge on any atom is -0.490 e. The smallest absolute Gasteiger partial charge is 0.338 e. The maximum Gasteiger partial charge on any atom is 0.338 e. The summed E-state index contributed by atoms with van der Waals surface area (Å²) in [7, 11) is -3.74. The van der Waals surface area contributed by atoms with Crippen molar-refractivity contribution in [2.75, 3.05) is 26.4 Å². The Morgan fingerprint density at radius 3 is 2.34 bits per heavy atom.